The molecular weight excluding hydrogens is 414 g/mol. The monoisotopic (exact) mass is 443 g/mol. The second-order valence-corrected chi connectivity index (χ2v) is 9.81. The molecule has 1 aromatic carbocycles. The molecule has 2 saturated carbocycles. The smallest absolute Gasteiger partial charge is 0.422 e. The molecule has 0 spiro atoms. The average Bonchev–Trinajstić information content (AvgIpc) is 3.14. The summed E-state index contributed by atoms with van der Waals surface area (Å²) in [7, 11) is 0. The van der Waals surface area contributed by atoms with Crippen LogP contribution in [0.1, 0.15) is 68.6 Å². The van der Waals surface area contributed by atoms with Crippen LogP contribution in [0, 0.1) is 17.3 Å². The highest BCUT2D eigenvalue weighted by molar-refractivity contribution is 6.42. The number of carbonyl (C=O) groups is 2. The first-order valence-electron chi connectivity index (χ1n) is 12.0. The molecule has 1 heterocycles. The second-order valence-electron chi connectivity index (χ2n) is 9.81. The first-order chi connectivity index (χ1) is 16.0. The van der Waals surface area contributed by atoms with Gasteiger partial charge in [0.15, 0.2) is 0 Å². The van der Waals surface area contributed by atoms with Crippen LogP contribution in [0.25, 0.3) is 16.8 Å². The Kier molecular flexibility index (Phi) is 5.49. The molecule has 0 aliphatic heterocycles. The van der Waals surface area contributed by atoms with Crippen molar-refractivity contribution in [3.8, 4) is 11.3 Å². The summed E-state index contributed by atoms with van der Waals surface area (Å²) in [6.45, 7) is 4.10. The van der Waals surface area contributed by atoms with E-state index in [0.717, 1.165) is 43.4 Å². The molecule has 0 radical (unpaired) electrons. The fourth-order valence-corrected chi connectivity index (χ4v) is 6.73. The van der Waals surface area contributed by atoms with E-state index in [9.17, 15) is 15.1 Å². The van der Waals surface area contributed by atoms with E-state index >= 15 is 0 Å². The molecule has 170 valence electrons. The Balaban J connectivity index is 1.63. The third-order valence-corrected chi connectivity index (χ3v) is 8.34. The number of ketones is 1. The van der Waals surface area contributed by atoms with Gasteiger partial charge in [-0.25, -0.2) is 4.79 Å². The molecule has 6 heteroatoms. The predicted molar refractivity (Wildman–Crippen MR) is 124 cm³/mol. The first kappa shape index (κ1) is 21.7. The number of aromatic nitrogens is 1. The standard InChI is InChI=1S/C27H29N3O3/c1-3-33-26(32)25(30-28)21-15-19-16(14-20(21)23-6-4-5-13-29-23)7-8-18-17(19)11-12-27(2)22(18)9-10-24(27)31/h4-6,13-15,17-18,22H,3,7-12H2,1-2H3/t17-,18+,22-,27-/m1/s1. The summed E-state index contributed by atoms with van der Waals surface area (Å²) in [5.41, 5.74) is 14.0. The fourth-order valence-electron chi connectivity index (χ4n) is 6.73. The van der Waals surface area contributed by atoms with Crippen LogP contribution in [-0.2, 0) is 20.7 Å². The Hall–Kier alpha value is -3.11. The van der Waals surface area contributed by atoms with Gasteiger partial charge < -0.3 is 10.3 Å². The molecule has 6 nitrogen and oxygen atoms in total. The first-order valence-corrected chi connectivity index (χ1v) is 12.0. The molecule has 1 aromatic heterocycles. The molecule has 2 fully saturated rings. The van der Waals surface area contributed by atoms with Gasteiger partial charge >= 0.3 is 11.7 Å². The Morgan fingerprint density at radius 2 is 2.09 bits per heavy atom. The van der Waals surface area contributed by atoms with Crippen molar-refractivity contribution in [2.75, 3.05) is 6.61 Å². The Morgan fingerprint density at radius 1 is 1.24 bits per heavy atom. The zero-order valence-electron chi connectivity index (χ0n) is 19.2. The zero-order chi connectivity index (χ0) is 23.2. The summed E-state index contributed by atoms with van der Waals surface area (Å²) in [6, 6.07) is 9.79. The number of pyridine rings is 1. The van der Waals surface area contributed by atoms with Crippen molar-refractivity contribution >= 4 is 17.5 Å². The maximum Gasteiger partial charge on any atom is 0.422 e. The van der Waals surface area contributed by atoms with E-state index in [1.54, 1.807) is 13.1 Å². The number of rotatable bonds is 4. The van der Waals surface area contributed by atoms with Crippen molar-refractivity contribution in [1.29, 1.82) is 0 Å². The van der Waals surface area contributed by atoms with Crippen molar-refractivity contribution in [1.82, 2.24) is 4.98 Å². The summed E-state index contributed by atoms with van der Waals surface area (Å²) in [5.74, 6) is 1.01. The summed E-state index contributed by atoms with van der Waals surface area (Å²) >= 11 is 0. The third kappa shape index (κ3) is 3.44. The number of hydrogen-bond acceptors (Lipinski definition) is 4. The normalized spacial score (nSPS) is 27.7. The molecule has 0 N–H and O–H groups in total. The zero-order valence-corrected chi connectivity index (χ0v) is 19.2. The van der Waals surface area contributed by atoms with Crippen molar-refractivity contribution in [2.24, 2.45) is 17.3 Å². The van der Waals surface area contributed by atoms with Crippen LogP contribution in [0.4, 0.5) is 0 Å². The maximum atomic E-state index is 12.7. The summed E-state index contributed by atoms with van der Waals surface area (Å²) in [6.07, 6.45) is 7.28. The SMILES string of the molecule is CCOC(=O)C(=[N+]=[N-])c1cc2c(cc1-c1ccccn1)CC[C@@H]1[C@H]3CCC(=O)[C@]3(C)CC[C@@H]21. The van der Waals surface area contributed by atoms with E-state index < -0.39 is 5.97 Å². The van der Waals surface area contributed by atoms with Gasteiger partial charge in [-0.1, -0.05) is 13.0 Å². The van der Waals surface area contributed by atoms with Crippen LogP contribution in [0.15, 0.2) is 36.5 Å². The minimum atomic E-state index is -0.651. The molecule has 0 bridgehead atoms. The lowest BCUT2D eigenvalue weighted by Crippen LogP contribution is -2.42. The lowest BCUT2D eigenvalue weighted by molar-refractivity contribution is -0.139. The fraction of sp³-hybridized carbons (Fsp3) is 0.481. The number of esters is 1. The van der Waals surface area contributed by atoms with Gasteiger partial charge in [-0.2, -0.15) is 4.79 Å². The number of fused-ring (bicyclic) bond motifs is 5. The lowest BCUT2D eigenvalue weighted by atomic mass is 9.55. The van der Waals surface area contributed by atoms with Gasteiger partial charge in [0.2, 0.25) is 0 Å². The van der Waals surface area contributed by atoms with E-state index in [-0.39, 0.29) is 17.7 Å². The molecule has 0 saturated heterocycles. The minimum absolute atomic E-state index is 0.0980. The highest BCUT2D eigenvalue weighted by Gasteiger charge is 2.54. The van der Waals surface area contributed by atoms with E-state index in [4.69, 9.17) is 4.74 Å². The number of aryl methyl sites for hydroxylation is 1. The Labute approximate surface area is 194 Å². The number of nitrogens with zero attached hydrogens (tertiary/aromatic N) is 3. The summed E-state index contributed by atoms with van der Waals surface area (Å²) in [4.78, 5) is 33.2. The van der Waals surface area contributed by atoms with Gasteiger partial charge in [0.25, 0.3) is 0 Å². The van der Waals surface area contributed by atoms with E-state index in [0.29, 0.717) is 35.5 Å². The van der Waals surface area contributed by atoms with E-state index in [1.807, 2.05) is 24.3 Å². The number of hydrogen-bond donors (Lipinski definition) is 0. The summed E-state index contributed by atoms with van der Waals surface area (Å²) in [5, 5.41) is 0. The van der Waals surface area contributed by atoms with Crippen molar-refractivity contribution in [2.45, 2.75) is 58.3 Å². The van der Waals surface area contributed by atoms with Crippen molar-refractivity contribution in [3.05, 3.63) is 58.8 Å². The number of ether oxygens (including phenoxy) is 1. The second kappa shape index (κ2) is 8.35. The largest absolute Gasteiger partial charge is 0.457 e. The molecule has 5 rings (SSSR count). The maximum absolute atomic E-state index is 12.7. The Morgan fingerprint density at radius 3 is 2.82 bits per heavy atom. The lowest BCUT2D eigenvalue weighted by Gasteiger charge is -2.48. The molecule has 0 unspecified atom stereocenters. The van der Waals surface area contributed by atoms with Gasteiger partial charge in [-0.15, -0.1) is 0 Å². The van der Waals surface area contributed by atoms with Gasteiger partial charge in [0, 0.05) is 23.6 Å². The molecule has 3 aliphatic carbocycles. The third-order valence-electron chi connectivity index (χ3n) is 8.34. The van der Waals surface area contributed by atoms with Crippen LogP contribution < -0.4 is 0 Å². The molecule has 0 amide bonds. The van der Waals surface area contributed by atoms with Crippen LogP contribution in [0.3, 0.4) is 0 Å². The van der Waals surface area contributed by atoms with E-state index in [1.165, 1.54) is 11.1 Å². The van der Waals surface area contributed by atoms with E-state index in [2.05, 4.69) is 22.8 Å². The highest BCUT2D eigenvalue weighted by Crippen LogP contribution is 2.59. The minimum Gasteiger partial charge on any atom is -0.457 e. The number of benzene rings is 1. The summed E-state index contributed by atoms with van der Waals surface area (Å²) < 4.78 is 5.19. The van der Waals surface area contributed by atoms with Crippen LogP contribution in [0.5, 0.6) is 0 Å². The number of Topliss-reactive ketones (excluding diaryl/α,β-unsaturated/α-hetero) is 1. The van der Waals surface area contributed by atoms with Crippen LogP contribution in [0.2, 0.25) is 0 Å². The average molecular weight is 444 g/mol. The molecular formula is C27H29N3O3. The molecule has 4 atom stereocenters. The molecule has 33 heavy (non-hydrogen) atoms. The quantitative estimate of drug-likeness (QED) is 0.295. The predicted octanol–water partition coefficient (Wildman–Crippen LogP) is 4.76. The van der Waals surface area contributed by atoms with Gasteiger partial charge in [0.1, 0.15) is 5.78 Å². The Bertz CT molecular complexity index is 1170. The topological polar surface area (TPSA) is 92.7 Å². The molecule has 2 aromatic rings. The van der Waals surface area contributed by atoms with Gasteiger partial charge in [-0.05, 0) is 92.2 Å². The van der Waals surface area contributed by atoms with Crippen LogP contribution in [-0.4, -0.2) is 33.8 Å². The van der Waals surface area contributed by atoms with Crippen molar-refractivity contribution in [3.63, 3.8) is 0 Å². The van der Waals surface area contributed by atoms with Crippen molar-refractivity contribution < 1.29 is 19.1 Å². The molecule has 3 aliphatic rings. The van der Waals surface area contributed by atoms with Crippen LogP contribution >= 0.6 is 0 Å². The van der Waals surface area contributed by atoms with Gasteiger partial charge in [0.05, 0.1) is 17.9 Å². The van der Waals surface area contributed by atoms with Gasteiger partial charge in [-0.3, -0.25) is 9.78 Å². The highest BCUT2D eigenvalue weighted by atomic mass is 16.5. The number of carbonyl (C=O) groups excluding carboxylic acids is 2.